The molecule has 0 saturated carbocycles. The molecule has 1 aliphatic rings. The van der Waals surface area contributed by atoms with Crippen LogP contribution in [0, 0.1) is 0 Å². The predicted molar refractivity (Wildman–Crippen MR) is 128 cm³/mol. The summed E-state index contributed by atoms with van der Waals surface area (Å²) in [5.74, 6) is -2.23. The molecular formula is C19H23Ba2N7O6. The molecule has 2 atom stereocenters. The average Bonchev–Trinajstić information content (AvgIpc) is 2.77. The summed E-state index contributed by atoms with van der Waals surface area (Å²) in [4.78, 5) is 53.7. The summed E-state index contributed by atoms with van der Waals surface area (Å²) < 4.78 is 4.23. The zero-order valence-corrected chi connectivity index (χ0v) is 31.3. The van der Waals surface area contributed by atoms with E-state index in [1.54, 1.807) is 24.3 Å². The predicted octanol–water partition coefficient (Wildman–Crippen LogP) is -1.86. The number of carbonyl (C=O) groups is 3. The summed E-state index contributed by atoms with van der Waals surface area (Å²) in [6.07, 6.45) is -0.567. The number of aliphatic carboxylic acids is 2. The van der Waals surface area contributed by atoms with E-state index >= 15 is 0 Å². The number of fused-ring (bicyclic) bond motifs is 1. The number of nitrogens with one attached hydrogen (secondary N) is 3. The van der Waals surface area contributed by atoms with Gasteiger partial charge < -0.3 is 10.2 Å². The minimum absolute atomic E-state index is 0.0162. The first-order valence-electron chi connectivity index (χ1n) is 10.5. The standard InChI is InChI=1S/C19H22N7O6.2Ba.2H/c20-19-25-15-14(17(30)26-19)23-11(8-22-15)7-21-10-3-1-9(2-4-10)16(29)24-12(18(31)32)5-6-13(27)28;;;;/h1-4,11-12H,5-8H2,(H8,20,21,22,24,25,26,27,28,29,30,31,32);;;;/q-1;2*+1;;/p-1/t11?,12-;;;;/m0..../s1. The van der Waals surface area contributed by atoms with Gasteiger partial charge in [-0.1, -0.05) is 0 Å². The van der Waals surface area contributed by atoms with E-state index in [1.807, 2.05) is 0 Å². The summed E-state index contributed by atoms with van der Waals surface area (Å²) in [6.45, 7) is 1.33. The van der Waals surface area contributed by atoms with E-state index in [1.165, 1.54) is 0 Å². The van der Waals surface area contributed by atoms with Crippen molar-refractivity contribution in [1.82, 2.24) is 15.3 Å². The van der Waals surface area contributed by atoms with Crippen LogP contribution in [0.5, 0.6) is 0 Å². The second kappa shape index (κ2) is 12.2. The molecule has 1 aromatic carbocycles. The Labute approximate surface area is 260 Å². The maximum atomic E-state index is 12.4. The van der Waals surface area contributed by atoms with E-state index in [-0.39, 0.29) is 130 Å². The molecule has 1 aromatic heterocycles. The third-order valence-corrected chi connectivity index (χ3v) is 11.8. The summed E-state index contributed by atoms with van der Waals surface area (Å²) in [6, 6.07) is 5.36. The van der Waals surface area contributed by atoms with Gasteiger partial charge in [0.05, 0.1) is 0 Å². The second-order valence-corrected chi connectivity index (χ2v) is 14.4. The van der Waals surface area contributed by atoms with Crippen LogP contribution in [0.4, 0.5) is 23.1 Å². The normalized spacial score (nSPS) is 15.8. The van der Waals surface area contributed by atoms with E-state index in [2.05, 4.69) is 20.4 Å². The Balaban J connectivity index is 1.61. The SMILES string of the molecule is Nc1nc2c(c(=O)[nH]1)[N]([BaH])C(CNc1ccc(C(=O)N[C@@H](CCC(=O)O)C(=O)O)cc1)C[N]2[BaH]. The van der Waals surface area contributed by atoms with Crippen molar-refractivity contribution >= 4 is 135 Å². The molecule has 0 aliphatic carbocycles. The Kier molecular flexibility index (Phi) is 9.85. The van der Waals surface area contributed by atoms with Crippen molar-refractivity contribution in [2.45, 2.75) is 24.9 Å². The Morgan fingerprint density at radius 2 is 1.91 bits per heavy atom. The van der Waals surface area contributed by atoms with Crippen LogP contribution in [0.25, 0.3) is 0 Å². The number of nitrogen functional groups attached to an aromatic ring is 1. The van der Waals surface area contributed by atoms with E-state index in [0.29, 0.717) is 18.1 Å². The number of rotatable bonds is 9. The monoisotopic (exact) mass is 721 g/mol. The van der Waals surface area contributed by atoms with Gasteiger partial charge in [0.1, 0.15) is 0 Å². The number of H-pyrrole nitrogens is 1. The quantitative estimate of drug-likeness (QED) is 0.159. The zero-order chi connectivity index (χ0) is 25.0. The average molecular weight is 720 g/mol. The molecule has 1 aliphatic heterocycles. The van der Waals surface area contributed by atoms with Crippen molar-refractivity contribution in [3.8, 4) is 0 Å². The molecular weight excluding hydrogens is 697 g/mol. The third kappa shape index (κ3) is 6.96. The van der Waals surface area contributed by atoms with Gasteiger partial charge in [-0.3, -0.25) is 4.79 Å². The van der Waals surface area contributed by atoms with Crippen LogP contribution in [0.2, 0.25) is 0 Å². The van der Waals surface area contributed by atoms with Crippen LogP contribution in [-0.4, -0.2) is 157 Å². The molecule has 1 unspecified atom stereocenters. The van der Waals surface area contributed by atoms with Crippen molar-refractivity contribution in [2.75, 3.05) is 24.0 Å². The van der Waals surface area contributed by atoms with Gasteiger partial charge >= 0.3 is 238 Å². The fourth-order valence-corrected chi connectivity index (χ4v) is 8.36. The minimum atomic E-state index is -1.29. The number of carboxylic acids is 2. The van der Waals surface area contributed by atoms with Gasteiger partial charge in [0.15, 0.2) is 0 Å². The molecule has 2 aromatic rings. The molecule has 1 amide bonds. The van der Waals surface area contributed by atoms with Crippen LogP contribution in [0.3, 0.4) is 0 Å². The van der Waals surface area contributed by atoms with Crippen LogP contribution >= 0.6 is 0 Å². The number of anilines is 4. The molecule has 7 N–H and O–H groups in total. The molecule has 0 fully saturated rings. The number of hydrogen-bond donors (Lipinski definition) is 6. The maximum absolute atomic E-state index is 12.4. The summed E-state index contributed by atoms with van der Waals surface area (Å²) >= 11 is -0.125. The van der Waals surface area contributed by atoms with Crippen LogP contribution in [-0.2, 0) is 9.59 Å². The Bertz CT molecular complexity index is 1140. The molecule has 2 heterocycles. The summed E-state index contributed by atoms with van der Waals surface area (Å²) in [7, 11) is 0. The fourth-order valence-electron chi connectivity index (χ4n) is 3.71. The number of benzene rings is 1. The summed E-state index contributed by atoms with van der Waals surface area (Å²) in [5.41, 5.74) is 7.08. The van der Waals surface area contributed by atoms with Gasteiger partial charge in [0, 0.05) is 6.42 Å². The number of carboxylic acid groups (broad SMARTS) is 2. The fraction of sp³-hybridized carbons (Fsp3) is 0.316. The number of nitrogens with zero attached hydrogens (tertiary/aromatic N) is 3. The van der Waals surface area contributed by atoms with Crippen LogP contribution in [0.15, 0.2) is 29.1 Å². The van der Waals surface area contributed by atoms with Gasteiger partial charge in [0.25, 0.3) is 0 Å². The molecule has 0 saturated heterocycles. The number of nitrogens with two attached hydrogens (primary N) is 1. The van der Waals surface area contributed by atoms with Crippen molar-refractivity contribution in [1.29, 1.82) is 0 Å². The Hall–Kier alpha value is -1.15. The molecule has 0 radical (unpaired) electrons. The van der Waals surface area contributed by atoms with Crippen molar-refractivity contribution in [3.63, 3.8) is 0 Å². The Morgan fingerprint density at radius 3 is 2.53 bits per heavy atom. The number of carbonyl (C=O) groups excluding carboxylic acids is 1. The summed E-state index contributed by atoms with van der Waals surface area (Å²) in [5, 5.41) is 23.6. The van der Waals surface area contributed by atoms with Crippen molar-refractivity contribution < 1.29 is 24.6 Å². The van der Waals surface area contributed by atoms with Crippen molar-refractivity contribution in [3.05, 3.63) is 40.2 Å². The molecule has 13 nitrogen and oxygen atoms in total. The number of hydrogen-bond acceptors (Lipinski definition) is 9. The van der Waals surface area contributed by atoms with Gasteiger partial charge in [-0.25, -0.2) is 4.79 Å². The second-order valence-electron chi connectivity index (χ2n) is 8.02. The topological polar surface area (TPSA) is 194 Å². The zero-order valence-electron chi connectivity index (χ0n) is 18.7. The van der Waals surface area contributed by atoms with E-state index < -0.39 is 23.9 Å². The van der Waals surface area contributed by atoms with Gasteiger partial charge in [-0.2, -0.15) is 0 Å². The number of aromatic amines is 1. The first-order valence-corrected chi connectivity index (χ1v) is 16.1. The molecule has 15 heteroatoms. The first-order chi connectivity index (χ1) is 16.1. The van der Waals surface area contributed by atoms with Crippen LogP contribution < -0.4 is 21.8 Å². The number of amides is 1. The van der Waals surface area contributed by atoms with E-state index in [0.717, 1.165) is 12.2 Å². The van der Waals surface area contributed by atoms with Gasteiger partial charge in [0.2, 0.25) is 0 Å². The van der Waals surface area contributed by atoms with E-state index in [9.17, 15) is 24.3 Å². The van der Waals surface area contributed by atoms with Crippen molar-refractivity contribution in [2.24, 2.45) is 0 Å². The Morgan fingerprint density at radius 1 is 1.24 bits per heavy atom. The molecule has 34 heavy (non-hydrogen) atoms. The van der Waals surface area contributed by atoms with Crippen LogP contribution in [0.1, 0.15) is 23.2 Å². The number of aromatic nitrogens is 2. The molecule has 0 bridgehead atoms. The molecule has 3 rings (SSSR count). The molecule has 0 spiro atoms. The van der Waals surface area contributed by atoms with E-state index in [4.69, 9.17) is 10.8 Å². The third-order valence-electron chi connectivity index (χ3n) is 5.58. The molecule has 174 valence electrons. The van der Waals surface area contributed by atoms with Gasteiger partial charge in [-0.05, 0) is 0 Å². The first kappa shape index (κ1) is 27.4. The van der Waals surface area contributed by atoms with Gasteiger partial charge in [-0.15, -0.1) is 0 Å².